The third-order valence-corrected chi connectivity index (χ3v) is 2.72. The zero-order chi connectivity index (χ0) is 13.0. The molecule has 0 aliphatic carbocycles. The average molecular weight is 267 g/mol. The molecule has 1 saturated heterocycles. The summed E-state index contributed by atoms with van der Waals surface area (Å²) in [6.07, 6.45) is 0.867. The average Bonchev–Trinajstić information content (AvgIpc) is 2.40. The number of ether oxygens (including phenoxy) is 1. The molecule has 1 aromatic rings. The van der Waals surface area contributed by atoms with E-state index < -0.39 is 6.10 Å². The molecular formula is C11H11ClN4O2. The number of morpholine rings is 1. The van der Waals surface area contributed by atoms with Crippen LogP contribution in [0.4, 0.5) is 5.69 Å². The first-order valence-electron chi connectivity index (χ1n) is 5.39. The van der Waals surface area contributed by atoms with Crippen LogP contribution in [-0.2, 0) is 9.53 Å². The molecule has 0 aromatic carbocycles. The Balaban J connectivity index is 2.02. The van der Waals surface area contributed by atoms with Gasteiger partial charge < -0.3 is 15.4 Å². The van der Waals surface area contributed by atoms with Crippen molar-refractivity contribution in [1.29, 1.82) is 5.26 Å². The molecule has 0 radical (unpaired) electrons. The van der Waals surface area contributed by atoms with Gasteiger partial charge in [0.15, 0.2) is 5.69 Å². The van der Waals surface area contributed by atoms with Gasteiger partial charge in [0.2, 0.25) is 0 Å². The molecular weight excluding hydrogens is 256 g/mol. The molecule has 2 N–H and O–H groups in total. The Morgan fingerprint density at radius 1 is 1.72 bits per heavy atom. The van der Waals surface area contributed by atoms with E-state index in [2.05, 4.69) is 15.6 Å². The lowest BCUT2D eigenvalue weighted by atomic mass is 10.2. The smallest absolute Gasteiger partial charge is 0.254 e. The van der Waals surface area contributed by atoms with Gasteiger partial charge in [0.05, 0.1) is 23.5 Å². The highest BCUT2D eigenvalue weighted by atomic mass is 35.5. The molecule has 18 heavy (non-hydrogen) atoms. The number of hydrogen-bond donors (Lipinski definition) is 2. The van der Waals surface area contributed by atoms with Crippen LogP contribution in [0.1, 0.15) is 5.69 Å². The molecule has 1 atom stereocenters. The van der Waals surface area contributed by atoms with Crippen molar-refractivity contribution >= 4 is 23.2 Å². The molecule has 0 bridgehead atoms. The van der Waals surface area contributed by atoms with Crippen LogP contribution in [-0.4, -0.2) is 36.7 Å². The maximum atomic E-state index is 11.8. The zero-order valence-electron chi connectivity index (χ0n) is 9.44. The topological polar surface area (TPSA) is 87.0 Å². The zero-order valence-corrected chi connectivity index (χ0v) is 10.2. The normalized spacial score (nSPS) is 19.0. The number of amides is 1. The molecule has 94 valence electrons. The predicted octanol–water partition coefficient (Wildman–Crippen LogP) is 0.534. The quantitative estimate of drug-likeness (QED) is 0.816. The van der Waals surface area contributed by atoms with Crippen LogP contribution in [0.5, 0.6) is 0 Å². The lowest BCUT2D eigenvalue weighted by Crippen LogP contribution is -2.45. The monoisotopic (exact) mass is 266 g/mol. The summed E-state index contributed by atoms with van der Waals surface area (Å²) >= 11 is 5.82. The second kappa shape index (κ2) is 5.78. The molecule has 0 unspecified atom stereocenters. The minimum absolute atomic E-state index is 0.130. The van der Waals surface area contributed by atoms with Crippen LogP contribution < -0.4 is 10.6 Å². The first-order valence-corrected chi connectivity index (χ1v) is 5.77. The third-order valence-electron chi connectivity index (χ3n) is 2.43. The van der Waals surface area contributed by atoms with Crippen LogP contribution in [0.2, 0.25) is 5.02 Å². The molecule has 1 aromatic heterocycles. The van der Waals surface area contributed by atoms with E-state index in [1.165, 1.54) is 12.3 Å². The molecule has 2 heterocycles. The fourth-order valence-corrected chi connectivity index (χ4v) is 1.75. The summed E-state index contributed by atoms with van der Waals surface area (Å²) in [4.78, 5) is 15.7. The number of hydrogen-bond acceptors (Lipinski definition) is 5. The molecule has 0 saturated carbocycles. The maximum absolute atomic E-state index is 11.8. The fourth-order valence-electron chi connectivity index (χ4n) is 1.55. The number of nitrogens with one attached hydrogen (secondary N) is 2. The Morgan fingerprint density at radius 3 is 3.17 bits per heavy atom. The summed E-state index contributed by atoms with van der Waals surface area (Å²) in [6, 6.07) is 3.34. The SMILES string of the molecule is N#Cc1ncc(NC(=O)[C@H]2CNCCO2)cc1Cl. The summed E-state index contributed by atoms with van der Waals surface area (Å²) in [6.45, 7) is 1.72. The minimum atomic E-state index is -0.520. The van der Waals surface area contributed by atoms with Gasteiger partial charge in [-0.2, -0.15) is 5.26 Å². The lowest BCUT2D eigenvalue weighted by Gasteiger charge is -2.22. The van der Waals surface area contributed by atoms with E-state index in [0.717, 1.165) is 6.54 Å². The van der Waals surface area contributed by atoms with E-state index >= 15 is 0 Å². The Bertz CT molecular complexity index is 494. The van der Waals surface area contributed by atoms with Gasteiger partial charge in [-0.15, -0.1) is 0 Å². The first kappa shape index (κ1) is 12.8. The van der Waals surface area contributed by atoms with Crippen LogP contribution in [0.25, 0.3) is 0 Å². The van der Waals surface area contributed by atoms with Crippen LogP contribution >= 0.6 is 11.6 Å². The Kier molecular flexibility index (Phi) is 4.10. The van der Waals surface area contributed by atoms with E-state index in [4.69, 9.17) is 21.6 Å². The highest BCUT2D eigenvalue weighted by Crippen LogP contribution is 2.18. The highest BCUT2D eigenvalue weighted by molar-refractivity contribution is 6.31. The van der Waals surface area contributed by atoms with E-state index in [1.807, 2.05) is 6.07 Å². The number of carbonyl (C=O) groups is 1. The standard InChI is InChI=1S/C11H11ClN4O2/c12-8-3-7(5-15-9(8)4-13)16-11(17)10-6-14-1-2-18-10/h3,5,10,14H,1-2,6H2,(H,16,17)/t10-/m1/s1. The molecule has 2 rings (SSSR count). The summed E-state index contributed by atoms with van der Waals surface area (Å²) in [7, 11) is 0. The molecule has 1 aliphatic rings. The van der Waals surface area contributed by atoms with E-state index in [0.29, 0.717) is 18.8 Å². The number of nitrogens with zero attached hydrogens (tertiary/aromatic N) is 2. The van der Waals surface area contributed by atoms with Crippen LogP contribution in [0.15, 0.2) is 12.3 Å². The van der Waals surface area contributed by atoms with Crippen LogP contribution in [0.3, 0.4) is 0 Å². The van der Waals surface area contributed by atoms with Crippen molar-refractivity contribution in [1.82, 2.24) is 10.3 Å². The fraction of sp³-hybridized carbons (Fsp3) is 0.364. The largest absolute Gasteiger partial charge is 0.366 e. The summed E-state index contributed by atoms with van der Waals surface area (Å²) in [5.41, 5.74) is 0.573. The Morgan fingerprint density at radius 2 is 2.56 bits per heavy atom. The molecule has 0 spiro atoms. The third kappa shape index (κ3) is 2.96. The van der Waals surface area contributed by atoms with Gasteiger partial charge in [0.25, 0.3) is 5.91 Å². The molecule has 1 aliphatic heterocycles. The molecule has 1 amide bonds. The lowest BCUT2D eigenvalue weighted by molar-refractivity contribution is -0.128. The predicted molar refractivity (Wildman–Crippen MR) is 65.2 cm³/mol. The van der Waals surface area contributed by atoms with Crippen molar-refractivity contribution < 1.29 is 9.53 Å². The number of halogens is 1. The second-order valence-electron chi connectivity index (χ2n) is 3.72. The maximum Gasteiger partial charge on any atom is 0.254 e. The van der Waals surface area contributed by atoms with E-state index in [1.54, 1.807) is 0 Å². The van der Waals surface area contributed by atoms with E-state index in [9.17, 15) is 4.79 Å². The number of nitriles is 1. The van der Waals surface area contributed by atoms with E-state index in [-0.39, 0.29) is 16.6 Å². The van der Waals surface area contributed by atoms with Gasteiger partial charge in [-0.1, -0.05) is 11.6 Å². The minimum Gasteiger partial charge on any atom is -0.366 e. The van der Waals surface area contributed by atoms with Gasteiger partial charge in [0.1, 0.15) is 12.2 Å². The summed E-state index contributed by atoms with van der Waals surface area (Å²) < 4.78 is 5.31. The van der Waals surface area contributed by atoms with Crippen molar-refractivity contribution in [3.8, 4) is 6.07 Å². The van der Waals surface area contributed by atoms with Gasteiger partial charge in [0, 0.05) is 13.1 Å². The number of aromatic nitrogens is 1. The van der Waals surface area contributed by atoms with Gasteiger partial charge in [-0.3, -0.25) is 4.79 Å². The van der Waals surface area contributed by atoms with Crippen molar-refractivity contribution in [3.63, 3.8) is 0 Å². The number of anilines is 1. The molecule has 1 fully saturated rings. The number of pyridine rings is 1. The summed E-state index contributed by atoms with van der Waals surface area (Å²) in [5, 5.41) is 14.6. The highest BCUT2D eigenvalue weighted by Gasteiger charge is 2.21. The van der Waals surface area contributed by atoms with Gasteiger partial charge in [-0.25, -0.2) is 4.98 Å². The van der Waals surface area contributed by atoms with Crippen molar-refractivity contribution in [2.24, 2.45) is 0 Å². The van der Waals surface area contributed by atoms with Gasteiger partial charge in [-0.05, 0) is 6.07 Å². The van der Waals surface area contributed by atoms with Crippen molar-refractivity contribution in [2.75, 3.05) is 25.0 Å². The number of carbonyl (C=O) groups excluding carboxylic acids is 1. The summed E-state index contributed by atoms with van der Waals surface area (Å²) in [5.74, 6) is -0.259. The van der Waals surface area contributed by atoms with Crippen molar-refractivity contribution in [2.45, 2.75) is 6.10 Å². The molecule has 6 nitrogen and oxygen atoms in total. The van der Waals surface area contributed by atoms with Gasteiger partial charge >= 0.3 is 0 Å². The van der Waals surface area contributed by atoms with Crippen molar-refractivity contribution in [3.05, 3.63) is 23.0 Å². The van der Waals surface area contributed by atoms with Crippen LogP contribution in [0, 0.1) is 11.3 Å². The Hall–Kier alpha value is -1.68. The molecule has 7 heteroatoms. The Labute approximate surface area is 109 Å². The second-order valence-corrected chi connectivity index (χ2v) is 4.13. The number of rotatable bonds is 2. The first-order chi connectivity index (χ1) is 8.70.